The van der Waals surface area contributed by atoms with Gasteiger partial charge < -0.3 is 15.7 Å². The molecule has 0 unspecified atom stereocenters. The number of benzene rings is 2. The zero-order valence-corrected chi connectivity index (χ0v) is 12.3. The number of nitrogens with one attached hydrogen (secondary N) is 2. The quantitative estimate of drug-likeness (QED) is 0.790. The largest absolute Gasteiger partial charge is 0.508 e. The van der Waals surface area contributed by atoms with Crippen molar-refractivity contribution in [2.75, 3.05) is 5.32 Å². The van der Waals surface area contributed by atoms with Gasteiger partial charge in [0.15, 0.2) is 0 Å². The van der Waals surface area contributed by atoms with Gasteiger partial charge in [-0.3, -0.25) is 4.79 Å². The highest BCUT2D eigenvalue weighted by Gasteiger charge is 2.06. The summed E-state index contributed by atoms with van der Waals surface area (Å²) >= 11 is 0. The van der Waals surface area contributed by atoms with Crippen LogP contribution in [0.25, 0.3) is 0 Å². The van der Waals surface area contributed by atoms with Crippen LogP contribution in [0.3, 0.4) is 0 Å². The van der Waals surface area contributed by atoms with Gasteiger partial charge in [0.05, 0.1) is 0 Å². The number of carbonyl (C=O) groups excluding carboxylic acids is 1. The molecule has 0 aromatic heterocycles. The van der Waals surface area contributed by atoms with Gasteiger partial charge in [0.1, 0.15) is 5.75 Å². The van der Waals surface area contributed by atoms with Crippen LogP contribution < -0.4 is 10.6 Å². The van der Waals surface area contributed by atoms with Gasteiger partial charge in [-0.1, -0.05) is 18.2 Å². The fourth-order valence-corrected chi connectivity index (χ4v) is 1.94. The molecule has 2 rings (SSSR count). The Balaban J connectivity index is 1.97. The summed E-state index contributed by atoms with van der Waals surface area (Å²) in [4.78, 5) is 11.8. The minimum Gasteiger partial charge on any atom is -0.508 e. The van der Waals surface area contributed by atoms with Crippen molar-refractivity contribution in [3.63, 3.8) is 0 Å². The number of hydrogen-bond donors (Lipinski definition) is 3. The number of carbonyl (C=O) groups is 1. The van der Waals surface area contributed by atoms with Gasteiger partial charge in [0.25, 0.3) is 5.91 Å². The van der Waals surface area contributed by atoms with Gasteiger partial charge >= 0.3 is 0 Å². The van der Waals surface area contributed by atoms with Gasteiger partial charge in [-0.25, -0.2) is 0 Å². The molecule has 0 bridgehead atoms. The lowest BCUT2D eigenvalue weighted by Gasteiger charge is -2.10. The molecule has 0 heterocycles. The van der Waals surface area contributed by atoms with Crippen molar-refractivity contribution in [2.45, 2.75) is 26.4 Å². The van der Waals surface area contributed by atoms with Crippen LogP contribution in [0.4, 0.5) is 5.69 Å². The maximum Gasteiger partial charge on any atom is 0.251 e. The van der Waals surface area contributed by atoms with Crippen molar-refractivity contribution in [2.24, 2.45) is 0 Å². The van der Waals surface area contributed by atoms with Crippen molar-refractivity contribution < 1.29 is 9.90 Å². The summed E-state index contributed by atoms with van der Waals surface area (Å²) < 4.78 is 0. The van der Waals surface area contributed by atoms with Gasteiger partial charge in [0.2, 0.25) is 0 Å². The van der Waals surface area contributed by atoms with Crippen molar-refractivity contribution in [3.8, 4) is 5.75 Å². The first-order valence-corrected chi connectivity index (χ1v) is 6.98. The summed E-state index contributed by atoms with van der Waals surface area (Å²) in [6, 6.07) is 14.6. The molecule has 0 saturated heterocycles. The SMILES string of the molecule is CC(C)NC(=O)c1ccc(NCc2ccccc2O)cc1. The van der Waals surface area contributed by atoms with Crippen LogP contribution in [0.15, 0.2) is 48.5 Å². The standard InChI is InChI=1S/C17H20N2O2/c1-12(2)19-17(21)13-7-9-15(10-8-13)18-11-14-5-3-4-6-16(14)20/h3-10,12,18,20H,11H2,1-2H3,(H,19,21). The highest BCUT2D eigenvalue weighted by atomic mass is 16.3. The Labute approximate surface area is 124 Å². The van der Waals surface area contributed by atoms with Crippen LogP contribution in [-0.4, -0.2) is 17.1 Å². The van der Waals surface area contributed by atoms with Crippen LogP contribution in [0, 0.1) is 0 Å². The van der Waals surface area contributed by atoms with Crippen molar-refractivity contribution in [3.05, 3.63) is 59.7 Å². The van der Waals surface area contributed by atoms with E-state index in [0.29, 0.717) is 12.1 Å². The highest BCUT2D eigenvalue weighted by Crippen LogP contribution is 2.18. The first kappa shape index (κ1) is 14.9. The number of aromatic hydroxyl groups is 1. The van der Waals surface area contributed by atoms with E-state index in [0.717, 1.165) is 11.3 Å². The van der Waals surface area contributed by atoms with Crippen LogP contribution in [-0.2, 0) is 6.54 Å². The maximum atomic E-state index is 11.8. The second-order valence-corrected chi connectivity index (χ2v) is 5.19. The van der Waals surface area contributed by atoms with E-state index < -0.39 is 0 Å². The molecular formula is C17H20N2O2. The Morgan fingerprint density at radius 2 is 1.76 bits per heavy atom. The van der Waals surface area contributed by atoms with Gasteiger partial charge in [0, 0.05) is 29.4 Å². The summed E-state index contributed by atoms with van der Waals surface area (Å²) in [5, 5.41) is 15.8. The van der Waals surface area contributed by atoms with Crippen LogP contribution >= 0.6 is 0 Å². The molecule has 3 N–H and O–H groups in total. The number of phenols is 1. The molecule has 110 valence electrons. The van der Waals surface area contributed by atoms with Crippen LogP contribution in [0.5, 0.6) is 5.75 Å². The number of hydrogen-bond acceptors (Lipinski definition) is 3. The smallest absolute Gasteiger partial charge is 0.251 e. The van der Waals surface area contributed by atoms with E-state index in [4.69, 9.17) is 0 Å². The molecule has 4 heteroatoms. The minimum atomic E-state index is -0.0720. The van der Waals surface area contributed by atoms with E-state index in [-0.39, 0.29) is 17.7 Å². The van der Waals surface area contributed by atoms with Crippen LogP contribution in [0.2, 0.25) is 0 Å². The molecule has 0 aliphatic heterocycles. The molecule has 0 spiro atoms. The van der Waals surface area contributed by atoms with Crippen molar-refractivity contribution >= 4 is 11.6 Å². The Morgan fingerprint density at radius 1 is 1.10 bits per heavy atom. The zero-order valence-electron chi connectivity index (χ0n) is 12.3. The topological polar surface area (TPSA) is 61.4 Å². The lowest BCUT2D eigenvalue weighted by molar-refractivity contribution is 0.0943. The number of para-hydroxylation sites is 1. The number of anilines is 1. The second kappa shape index (κ2) is 6.79. The van der Waals surface area contributed by atoms with Gasteiger partial charge in [-0.2, -0.15) is 0 Å². The fourth-order valence-electron chi connectivity index (χ4n) is 1.94. The normalized spacial score (nSPS) is 10.4. The molecule has 0 radical (unpaired) electrons. The summed E-state index contributed by atoms with van der Waals surface area (Å²) in [5.74, 6) is 0.204. The number of rotatable bonds is 5. The average molecular weight is 284 g/mol. The summed E-state index contributed by atoms with van der Waals surface area (Å²) in [6.45, 7) is 4.39. The summed E-state index contributed by atoms with van der Waals surface area (Å²) in [7, 11) is 0. The first-order chi connectivity index (χ1) is 10.1. The highest BCUT2D eigenvalue weighted by molar-refractivity contribution is 5.94. The van der Waals surface area contributed by atoms with Gasteiger partial charge in [-0.15, -0.1) is 0 Å². The monoisotopic (exact) mass is 284 g/mol. The van der Waals surface area contributed by atoms with E-state index in [2.05, 4.69) is 10.6 Å². The van der Waals surface area contributed by atoms with E-state index in [1.54, 1.807) is 24.3 Å². The van der Waals surface area contributed by atoms with Crippen molar-refractivity contribution in [1.29, 1.82) is 0 Å². The van der Waals surface area contributed by atoms with E-state index in [1.807, 2.05) is 38.1 Å². The molecule has 0 atom stereocenters. The minimum absolute atomic E-state index is 0.0720. The molecule has 0 aliphatic rings. The van der Waals surface area contributed by atoms with Crippen LogP contribution in [0.1, 0.15) is 29.8 Å². The third-order valence-electron chi connectivity index (χ3n) is 3.04. The molecule has 0 saturated carbocycles. The third-order valence-corrected chi connectivity index (χ3v) is 3.04. The summed E-state index contributed by atoms with van der Waals surface area (Å²) in [6.07, 6.45) is 0. The Bertz CT molecular complexity index is 606. The predicted molar refractivity (Wildman–Crippen MR) is 84.5 cm³/mol. The fraction of sp³-hybridized carbons (Fsp3) is 0.235. The third kappa shape index (κ3) is 4.24. The molecule has 4 nitrogen and oxygen atoms in total. The number of amides is 1. The average Bonchev–Trinajstić information content (AvgIpc) is 2.46. The molecule has 21 heavy (non-hydrogen) atoms. The molecule has 0 aliphatic carbocycles. The van der Waals surface area contributed by atoms with E-state index in [9.17, 15) is 9.90 Å². The lowest BCUT2D eigenvalue weighted by atomic mass is 10.1. The maximum absolute atomic E-state index is 11.8. The molecule has 2 aromatic rings. The van der Waals surface area contributed by atoms with E-state index >= 15 is 0 Å². The van der Waals surface area contributed by atoms with Gasteiger partial charge in [-0.05, 0) is 44.2 Å². The first-order valence-electron chi connectivity index (χ1n) is 6.98. The zero-order chi connectivity index (χ0) is 15.2. The van der Waals surface area contributed by atoms with Crippen molar-refractivity contribution in [1.82, 2.24) is 5.32 Å². The Morgan fingerprint density at radius 3 is 2.38 bits per heavy atom. The molecule has 2 aromatic carbocycles. The second-order valence-electron chi connectivity index (χ2n) is 5.19. The summed E-state index contributed by atoms with van der Waals surface area (Å²) in [5.41, 5.74) is 2.37. The van der Waals surface area contributed by atoms with E-state index in [1.165, 1.54) is 0 Å². The number of phenolic OH excluding ortho intramolecular Hbond substituents is 1. The predicted octanol–water partition coefficient (Wildman–Crippen LogP) is 3.14. The molecule has 1 amide bonds. The molecule has 0 fully saturated rings. The Kier molecular flexibility index (Phi) is 4.82. The lowest BCUT2D eigenvalue weighted by Crippen LogP contribution is -2.29. The Hall–Kier alpha value is -2.49. The molecular weight excluding hydrogens is 264 g/mol.